The molecule has 0 aromatic rings. The number of nitrogens with zero attached hydrogens (tertiary/aromatic N) is 1. The summed E-state index contributed by atoms with van der Waals surface area (Å²) in [6.07, 6.45) is -0.628. The van der Waals surface area contributed by atoms with Crippen molar-refractivity contribution >= 4 is 34.6 Å². The molecule has 132 valence electrons. The van der Waals surface area contributed by atoms with Crippen LogP contribution in [0.15, 0.2) is 0 Å². The third-order valence-electron chi connectivity index (χ3n) is 2.81. The average molecular weight is 348 g/mol. The minimum Gasteiger partial charge on any atom is -0.481 e. The molecule has 0 bridgehead atoms. The second kappa shape index (κ2) is 9.67. The van der Waals surface area contributed by atoms with Crippen LogP contribution in [0.4, 0.5) is 0 Å². The van der Waals surface area contributed by atoms with E-state index in [0.717, 1.165) is 11.8 Å². The second-order valence-electron chi connectivity index (χ2n) is 6.53. The van der Waals surface area contributed by atoms with E-state index in [1.807, 2.05) is 21.1 Å². The molecule has 8 heteroatoms. The molecule has 0 aliphatic heterocycles. The number of thioether (sulfide) groups is 1. The van der Waals surface area contributed by atoms with E-state index in [9.17, 15) is 19.2 Å². The van der Waals surface area contributed by atoms with Crippen molar-refractivity contribution in [2.75, 3.05) is 33.4 Å². The van der Waals surface area contributed by atoms with Gasteiger partial charge in [-0.3, -0.25) is 14.4 Å². The summed E-state index contributed by atoms with van der Waals surface area (Å²) in [5.41, 5.74) is 0. The summed E-state index contributed by atoms with van der Waals surface area (Å²) in [5.74, 6) is -2.63. The standard InChI is InChI=1S/C15H25NO6S/c1-10(17)6-12(15(20)21)9-23-14(19)7-13(22-11(2)18)8-16(3,4)5/h12-13H,6-9H2,1-5H3/p+1/t12?,13-/m1/s1. The van der Waals surface area contributed by atoms with Gasteiger partial charge in [-0.15, -0.1) is 0 Å². The van der Waals surface area contributed by atoms with E-state index in [1.54, 1.807) is 0 Å². The number of aliphatic carboxylic acids is 1. The highest BCUT2D eigenvalue weighted by atomic mass is 32.2. The molecular weight excluding hydrogens is 322 g/mol. The topological polar surface area (TPSA) is 97.7 Å². The number of hydrogen-bond acceptors (Lipinski definition) is 6. The molecule has 0 aromatic carbocycles. The van der Waals surface area contributed by atoms with Gasteiger partial charge in [0.15, 0.2) is 11.2 Å². The Labute approximate surface area is 140 Å². The van der Waals surface area contributed by atoms with E-state index in [0.29, 0.717) is 11.0 Å². The zero-order valence-corrected chi connectivity index (χ0v) is 15.1. The fourth-order valence-electron chi connectivity index (χ4n) is 1.99. The largest absolute Gasteiger partial charge is 0.481 e. The first-order valence-electron chi connectivity index (χ1n) is 7.26. The van der Waals surface area contributed by atoms with Gasteiger partial charge >= 0.3 is 11.9 Å². The number of Topliss-reactive ketones (excluding diaryl/α,β-unsaturated/α-hetero) is 1. The number of carboxylic acid groups (broad SMARTS) is 1. The molecule has 0 aliphatic carbocycles. The number of rotatable bonds is 10. The summed E-state index contributed by atoms with van der Waals surface area (Å²) in [7, 11) is 5.75. The Morgan fingerprint density at radius 1 is 1.09 bits per heavy atom. The highest BCUT2D eigenvalue weighted by Crippen LogP contribution is 2.18. The molecule has 1 unspecified atom stereocenters. The monoisotopic (exact) mass is 348 g/mol. The zero-order chi connectivity index (χ0) is 18.2. The summed E-state index contributed by atoms with van der Waals surface area (Å²) in [5, 5.41) is 8.79. The first kappa shape index (κ1) is 21.6. The van der Waals surface area contributed by atoms with Crippen molar-refractivity contribution in [3.63, 3.8) is 0 Å². The number of carbonyl (C=O) groups excluding carboxylic acids is 3. The number of carboxylic acids is 1. The van der Waals surface area contributed by atoms with Crippen molar-refractivity contribution in [3.05, 3.63) is 0 Å². The lowest BCUT2D eigenvalue weighted by Gasteiger charge is -2.28. The highest BCUT2D eigenvalue weighted by Gasteiger charge is 2.26. The molecule has 2 atom stereocenters. The normalized spacial score (nSPS) is 14.0. The molecule has 0 aromatic heterocycles. The van der Waals surface area contributed by atoms with Crippen LogP contribution >= 0.6 is 11.8 Å². The predicted octanol–water partition coefficient (Wildman–Crippen LogP) is 0.954. The number of likely N-dealkylation sites (N-methyl/N-ethyl adjacent to an activating group) is 1. The van der Waals surface area contributed by atoms with E-state index in [2.05, 4.69) is 0 Å². The van der Waals surface area contributed by atoms with Crippen molar-refractivity contribution in [1.29, 1.82) is 0 Å². The molecule has 0 radical (unpaired) electrons. The van der Waals surface area contributed by atoms with Crippen LogP contribution in [0.25, 0.3) is 0 Å². The lowest BCUT2D eigenvalue weighted by Crippen LogP contribution is -2.43. The van der Waals surface area contributed by atoms with E-state index in [1.165, 1.54) is 13.8 Å². The minimum absolute atomic E-state index is 0.0200. The van der Waals surface area contributed by atoms with Gasteiger partial charge in [0, 0.05) is 19.1 Å². The minimum atomic E-state index is -1.09. The molecule has 0 spiro atoms. The number of esters is 1. The van der Waals surface area contributed by atoms with Crippen molar-refractivity contribution in [3.8, 4) is 0 Å². The Morgan fingerprint density at radius 2 is 1.65 bits per heavy atom. The Bertz CT molecular complexity index is 457. The Balaban J connectivity index is 4.58. The highest BCUT2D eigenvalue weighted by molar-refractivity contribution is 8.13. The van der Waals surface area contributed by atoms with Crippen LogP contribution in [0.1, 0.15) is 26.7 Å². The maximum atomic E-state index is 12.0. The molecule has 0 aliphatic rings. The van der Waals surface area contributed by atoms with Gasteiger partial charge in [0.2, 0.25) is 0 Å². The summed E-state index contributed by atoms with van der Waals surface area (Å²) in [6.45, 7) is 3.08. The summed E-state index contributed by atoms with van der Waals surface area (Å²) < 4.78 is 5.68. The Kier molecular flexibility index (Phi) is 9.07. The Hall–Kier alpha value is -1.41. The SMILES string of the molecule is CC(=O)CC(CSC(=O)C[C@H](C[N+](C)(C)C)OC(C)=O)C(=O)O. The lowest BCUT2D eigenvalue weighted by atomic mass is 10.1. The van der Waals surface area contributed by atoms with Gasteiger partial charge in [-0.1, -0.05) is 11.8 Å². The summed E-state index contributed by atoms with van der Waals surface area (Å²) in [4.78, 5) is 45.3. The molecule has 23 heavy (non-hydrogen) atoms. The van der Waals surface area contributed by atoms with Gasteiger partial charge in [-0.2, -0.15) is 0 Å². The number of hydrogen-bond donors (Lipinski definition) is 1. The van der Waals surface area contributed by atoms with Crippen molar-refractivity contribution in [1.82, 2.24) is 0 Å². The molecule has 0 rings (SSSR count). The first-order valence-corrected chi connectivity index (χ1v) is 8.24. The van der Waals surface area contributed by atoms with Crippen LogP contribution in [-0.2, 0) is 23.9 Å². The van der Waals surface area contributed by atoms with Gasteiger partial charge in [0.1, 0.15) is 12.3 Å². The molecule has 0 saturated heterocycles. The number of carbonyl (C=O) groups is 4. The first-order chi connectivity index (χ1) is 10.4. The molecule has 0 fully saturated rings. The molecule has 0 amide bonds. The van der Waals surface area contributed by atoms with E-state index in [4.69, 9.17) is 9.84 Å². The van der Waals surface area contributed by atoms with Gasteiger partial charge in [0.05, 0.1) is 33.5 Å². The van der Waals surface area contributed by atoms with Gasteiger partial charge in [0.25, 0.3) is 0 Å². The number of quaternary nitrogens is 1. The number of ether oxygens (including phenoxy) is 1. The molecular formula is C15H26NO6S+. The fourth-order valence-corrected chi connectivity index (χ4v) is 2.94. The number of ketones is 1. The maximum Gasteiger partial charge on any atom is 0.307 e. The van der Waals surface area contributed by atoms with Crippen LogP contribution < -0.4 is 0 Å². The summed E-state index contributed by atoms with van der Waals surface area (Å²) >= 11 is 0.866. The van der Waals surface area contributed by atoms with Crippen LogP contribution in [-0.4, -0.2) is 72.0 Å². The maximum absolute atomic E-state index is 12.0. The fraction of sp³-hybridized carbons (Fsp3) is 0.733. The molecule has 0 heterocycles. The van der Waals surface area contributed by atoms with E-state index >= 15 is 0 Å². The molecule has 7 nitrogen and oxygen atoms in total. The van der Waals surface area contributed by atoms with Crippen LogP contribution in [0.3, 0.4) is 0 Å². The summed E-state index contributed by atoms with van der Waals surface area (Å²) in [6, 6.07) is 0. The van der Waals surface area contributed by atoms with Crippen molar-refractivity contribution in [2.45, 2.75) is 32.8 Å². The smallest absolute Gasteiger partial charge is 0.307 e. The molecule has 0 saturated carbocycles. The molecule has 1 N–H and O–H groups in total. The Morgan fingerprint density at radius 3 is 2.04 bits per heavy atom. The van der Waals surface area contributed by atoms with E-state index in [-0.39, 0.29) is 29.5 Å². The third kappa shape index (κ3) is 11.8. The van der Waals surface area contributed by atoms with Crippen LogP contribution in [0.2, 0.25) is 0 Å². The average Bonchev–Trinajstić information content (AvgIpc) is 2.30. The van der Waals surface area contributed by atoms with Crippen molar-refractivity contribution < 1.29 is 33.5 Å². The van der Waals surface area contributed by atoms with Gasteiger partial charge < -0.3 is 19.1 Å². The lowest BCUT2D eigenvalue weighted by molar-refractivity contribution is -0.873. The van der Waals surface area contributed by atoms with Crippen molar-refractivity contribution in [2.24, 2.45) is 5.92 Å². The quantitative estimate of drug-likeness (QED) is 0.464. The third-order valence-corrected chi connectivity index (χ3v) is 3.86. The predicted molar refractivity (Wildman–Crippen MR) is 87.0 cm³/mol. The van der Waals surface area contributed by atoms with Crippen LogP contribution in [0, 0.1) is 5.92 Å². The zero-order valence-electron chi connectivity index (χ0n) is 14.3. The van der Waals surface area contributed by atoms with Gasteiger partial charge in [-0.25, -0.2) is 0 Å². The van der Waals surface area contributed by atoms with Crippen LogP contribution in [0.5, 0.6) is 0 Å². The van der Waals surface area contributed by atoms with E-state index < -0.39 is 24.0 Å². The second-order valence-corrected chi connectivity index (χ2v) is 7.61. The van der Waals surface area contributed by atoms with Gasteiger partial charge in [-0.05, 0) is 6.92 Å².